The molecule has 2 fully saturated rings. The fourth-order valence-corrected chi connectivity index (χ4v) is 6.30. The third-order valence-corrected chi connectivity index (χ3v) is 7.85. The molecule has 2 aliphatic rings. The van der Waals surface area contributed by atoms with E-state index >= 15 is 0 Å². The standard InChI is InChI=1S/C23H27N5O3S2/c1-10-16(21-27-17-11(2)24-8-7-15(17)33-21)20(28-22(25-10)32-6)26-14-9-13(12(3)29)18-19(14)31-23(4,5)30-18/h7-8,13-14,18-19H,9H2,1-6H3,(H,25,26,28)/t13-,14-,18-,19+/m1/s1. The lowest BCUT2D eigenvalue weighted by atomic mass is 10.0. The summed E-state index contributed by atoms with van der Waals surface area (Å²) in [4.78, 5) is 31.1. The topological polar surface area (TPSA) is 99.1 Å². The summed E-state index contributed by atoms with van der Waals surface area (Å²) in [6, 6.07) is 1.86. The minimum absolute atomic E-state index is 0.119. The first kappa shape index (κ1) is 22.6. The summed E-state index contributed by atoms with van der Waals surface area (Å²) in [5.74, 6) is -0.112. The number of Topliss-reactive ketones (excluding diaryl/α,β-unsaturated/α-hetero) is 1. The van der Waals surface area contributed by atoms with E-state index in [1.54, 1.807) is 24.5 Å². The number of thiazole rings is 1. The number of ether oxygens (including phenoxy) is 2. The van der Waals surface area contributed by atoms with Crippen LogP contribution in [-0.2, 0) is 14.3 Å². The summed E-state index contributed by atoms with van der Waals surface area (Å²) in [7, 11) is 0. The molecule has 10 heteroatoms. The van der Waals surface area contributed by atoms with Gasteiger partial charge >= 0.3 is 0 Å². The number of thioether (sulfide) groups is 1. The van der Waals surface area contributed by atoms with Crippen molar-refractivity contribution in [3.05, 3.63) is 23.7 Å². The number of ketones is 1. The van der Waals surface area contributed by atoms with Gasteiger partial charge in [-0.3, -0.25) is 9.78 Å². The van der Waals surface area contributed by atoms with E-state index in [0.717, 1.165) is 32.2 Å². The fraction of sp³-hybridized carbons (Fsp3) is 0.522. The van der Waals surface area contributed by atoms with Crippen molar-refractivity contribution in [2.45, 2.75) is 70.2 Å². The third-order valence-electron chi connectivity index (χ3n) is 6.26. The number of hydrogen-bond acceptors (Lipinski definition) is 10. The third kappa shape index (κ3) is 4.03. The van der Waals surface area contributed by atoms with E-state index in [4.69, 9.17) is 19.4 Å². The molecule has 1 aliphatic heterocycles. The van der Waals surface area contributed by atoms with E-state index in [0.29, 0.717) is 17.4 Å². The van der Waals surface area contributed by atoms with E-state index in [2.05, 4.69) is 15.3 Å². The maximum Gasteiger partial charge on any atom is 0.189 e. The van der Waals surface area contributed by atoms with Crippen molar-refractivity contribution in [2.24, 2.45) is 5.92 Å². The minimum atomic E-state index is -0.726. The molecular formula is C23H27N5O3S2. The summed E-state index contributed by atoms with van der Waals surface area (Å²) in [6.07, 6.45) is 3.88. The van der Waals surface area contributed by atoms with Gasteiger partial charge in [-0.25, -0.2) is 15.0 Å². The van der Waals surface area contributed by atoms with Crippen molar-refractivity contribution in [3.63, 3.8) is 0 Å². The van der Waals surface area contributed by atoms with Gasteiger partial charge in [0.2, 0.25) is 0 Å². The van der Waals surface area contributed by atoms with Crippen molar-refractivity contribution in [3.8, 4) is 10.6 Å². The van der Waals surface area contributed by atoms with Crippen molar-refractivity contribution in [2.75, 3.05) is 11.6 Å². The largest absolute Gasteiger partial charge is 0.364 e. The number of nitrogens with one attached hydrogen (secondary N) is 1. The van der Waals surface area contributed by atoms with Gasteiger partial charge in [-0.15, -0.1) is 11.3 Å². The molecule has 1 aliphatic carbocycles. The van der Waals surface area contributed by atoms with Gasteiger partial charge in [0.25, 0.3) is 0 Å². The Morgan fingerprint density at radius 3 is 2.64 bits per heavy atom. The zero-order valence-corrected chi connectivity index (χ0v) is 21.1. The maximum absolute atomic E-state index is 12.4. The van der Waals surface area contributed by atoms with Gasteiger partial charge in [0, 0.05) is 12.1 Å². The van der Waals surface area contributed by atoms with E-state index in [1.807, 2.05) is 40.0 Å². The number of hydrogen-bond donors (Lipinski definition) is 1. The molecule has 4 heterocycles. The first-order valence-corrected chi connectivity index (χ1v) is 13.0. The molecule has 0 amide bonds. The van der Waals surface area contributed by atoms with Gasteiger partial charge in [0.15, 0.2) is 10.9 Å². The summed E-state index contributed by atoms with van der Waals surface area (Å²) in [5.41, 5.74) is 3.51. The molecule has 8 nitrogen and oxygen atoms in total. The summed E-state index contributed by atoms with van der Waals surface area (Å²) in [5, 5.41) is 5.13. The summed E-state index contributed by atoms with van der Waals surface area (Å²) < 4.78 is 13.4. The molecule has 3 aromatic heterocycles. The van der Waals surface area contributed by atoms with Crippen LogP contribution in [0.25, 0.3) is 20.8 Å². The van der Waals surface area contributed by atoms with Crippen LogP contribution in [0.1, 0.15) is 38.6 Å². The molecule has 1 saturated heterocycles. The Morgan fingerprint density at radius 2 is 1.94 bits per heavy atom. The number of aryl methyl sites for hydroxylation is 2. The molecular weight excluding hydrogens is 458 g/mol. The van der Waals surface area contributed by atoms with E-state index in [-0.39, 0.29) is 30.0 Å². The molecule has 4 atom stereocenters. The maximum atomic E-state index is 12.4. The van der Waals surface area contributed by atoms with Crippen LogP contribution in [0.5, 0.6) is 0 Å². The number of aromatic nitrogens is 4. The van der Waals surface area contributed by atoms with Gasteiger partial charge in [-0.05, 0) is 53.4 Å². The van der Waals surface area contributed by atoms with E-state index in [1.165, 1.54) is 11.8 Å². The Kier molecular flexibility index (Phi) is 5.67. The van der Waals surface area contributed by atoms with Crippen LogP contribution in [0.15, 0.2) is 17.4 Å². The van der Waals surface area contributed by atoms with Gasteiger partial charge in [0.05, 0.1) is 33.8 Å². The smallest absolute Gasteiger partial charge is 0.189 e. The predicted octanol–water partition coefficient (Wildman–Crippen LogP) is 4.40. The second-order valence-corrected chi connectivity index (χ2v) is 10.9. The lowest BCUT2D eigenvalue weighted by Gasteiger charge is -2.24. The van der Waals surface area contributed by atoms with E-state index < -0.39 is 5.79 Å². The fourth-order valence-electron chi connectivity index (χ4n) is 4.78. The number of nitrogens with zero attached hydrogens (tertiary/aromatic N) is 4. The normalized spacial score (nSPS) is 26.0. The van der Waals surface area contributed by atoms with Crippen molar-refractivity contribution in [1.29, 1.82) is 0 Å². The molecule has 0 spiro atoms. The van der Waals surface area contributed by atoms with Crippen LogP contribution in [0.2, 0.25) is 0 Å². The molecule has 0 unspecified atom stereocenters. The van der Waals surface area contributed by atoms with Gasteiger partial charge < -0.3 is 14.8 Å². The molecule has 5 rings (SSSR count). The van der Waals surface area contributed by atoms with Crippen molar-refractivity contribution >= 4 is 44.9 Å². The summed E-state index contributed by atoms with van der Waals surface area (Å²) in [6.45, 7) is 9.35. The monoisotopic (exact) mass is 485 g/mol. The highest BCUT2D eigenvalue weighted by Gasteiger charge is 2.55. The first-order chi connectivity index (χ1) is 15.7. The first-order valence-electron chi connectivity index (χ1n) is 10.9. The quantitative estimate of drug-likeness (QED) is 0.416. The van der Waals surface area contributed by atoms with Crippen molar-refractivity contribution in [1.82, 2.24) is 19.9 Å². The molecule has 0 radical (unpaired) electrons. The van der Waals surface area contributed by atoms with Crippen LogP contribution in [0.4, 0.5) is 5.82 Å². The van der Waals surface area contributed by atoms with E-state index in [9.17, 15) is 4.79 Å². The highest BCUT2D eigenvalue weighted by Crippen LogP contribution is 2.44. The molecule has 0 aromatic carbocycles. The highest BCUT2D eigenvalue weighted by molar-refractivity contribution is 7.98. The predicted molar refractivity (Wildman–Crippen MR) is 130 cm³/mol. The number of carbonyl (C=O) groups is 1. The second kappa shape index (κ2) is 8.26. The molecule has 3 aromatic rings. The zero-order valence-electron chi connectivity index (χ0n) is 19.5. The lowest BCUT2D eigenvalue weighted by molar-refractivity contribution is -0.159. The zero-order chi connectivity index (χ0) is 23.5. The Morgan fingerprint density at radius 1 is 1.18 bits per heavy atom. The molecule has 1 N–H and O–H groups in total. The van der Waals surface area contributed by atoms with Crippen LogP contribution < -0.4 is 5.32 Å². The second-order valence-electron chi connectivity index (χ2n) is 9.05. The van der Waals surface area contributed by atoms with Gasteiger partial charge in [0.1, 0.15) is 28.2 Å². The molecule has 174 valence electrons. The number of pyridine rings is 1. The van der Waals surface area contributed by atoms with Crippen LogP contribution in [0.3, 0.4) is 0 Å². The lowest BCUT2D eigenvalue weighted by Crippen LogP contribution is -2.35. The van der Waals surface area contributed by atoms with Crippen LogP contribution in [-0.4, -0.2) is 56.0 Å². The van der Waals surface area contributed by atoms with Gasteiger partial charge in [-0.2, -0.15) is 0 Å². The number of rotatable bonds is 5. The average Bonchev–Trinajstić information content (AvgIpc) is 3.39. The number of anilines is 1. The van der Waals surface area contributed by atoms with Gasteiger partial charge in [-0.1, -0.05) is 11.8 Å². The minimum Gasteiger partial charge on any atom is -0.364 e. The number of fused-ring (bicyclic) bond motifs is 2. The highest BCUT2D eigenvalue weighted by atomic mass is 32.2. The van der Waals surface area contributed by atoms with Crippen LogP contribution >= 0.6 is 23.1 Å². The Labute approximate surface area is 200 Å². The molecule has 33 heavy (non-hydrogen) atoms. The Balaban J connectivity index is 1.57. The van der Waals surface area contributed by atoms with Crippen molar-refractivity contribution < 1.29 is 14.3 Å². The molecule has 1 saturated carbocycles. The Bertz CT molecular complexity index is 1240. The average molecular weight is 486 g/mol. The SMILES string of the molecule is CSc1nc(C)c(-c2nc3c(C)nccc3s2)c(N[C@@H]2C[C@H](C(C)=O)[C@H]3OC(C)(C)O[C@H]32)n1. The summed E-state index contributed by atoms with van der Waals surface area (Å²) >= 11 is 3.09. The molecule has 0 bridgehead atoms. The Hall–Kier alpha value is -2.14. The number of carbonyl (C=O) groups excluding carboxylic acids is 1. The van der Waals surface area contributed by atoms with Crippen LogP contribution in [0, 0.1) is 19.8 Å².